The molecule has 3 rings (SSSR count). The SMILES string of the molecule is Cc1ccc(S(=O)(=O)NN=C2CCOc3ccc(OC(F)(F)F)cc32)cc1. The lowest BCUT2D eigenvalue weighted by molar-refractivity contribution is -0.274. The third-order valence-electron chi connectivity index (χ3n) is 3.72. The van der Waals surface area contributed by atoms with E-state index < -0.39 is 22.1 Å². The first kappa shape index (κ1) is 19.0. The lowest BCUT2D eigenvalue weighted by Crippen LogP contribution is -2.24. The Hall–Kier alpha value is -2.75. The maximum Gasteiger partial charge on any atom is 0.573 e. The van der Waals surface area contributed by atoms with Crippen LogP contribution in [0.2, 0.25) is 0 Å². The summed E-state index contributed by atoms with van der Waals surface area (Å²) in [4.78, 5) is 2.14. The number of nitrogens with zero attached hydrogens (tertiary/aromatic N) is 1. The number of halogens is 3. The van der Waals surface area contributed by atoms with E-state index in [4.69, 9.17) is 4.74 Å². The molecule has 0 aliphatic carbocycles. The zero-order chi connectivity index (χ0) is 19.7. The van der Waals surface area contributed by atoms with Crippen LogP contribution in [0.4, 0.5) is 13.2 Å². The predicted molar refractivity (Wildman–Crippen MR) is 91.3 cm³/mol. The van der Waals surface area contributed by atoms with Crippen LogP contribution in [0, 0.1) is 6.92 Å². The van der Waals surface area contributed by atoms with Gasteiger partial charge in [-0.1, -0.05) is 17.7 Å². The fourth-order valence-electron chi connectivity index (χ4n) is 2.45. The molecule has 6 nitrogen and oxygen atoms in total. The van der Waals surface area contributed by atoms with Crippen molar-refractivity contribution in [3.63, 3.8) is 0 Å². The maximum atomic E-state index is 12.4. The highest BCUT2D eigenvalue weighted by Crippen LogP contribution is 2.31. The van der Waals surface area contributed by atoms with Gasteiger partial charge in [0.25, 0.3) is 10.0 Å². The summed E-state index contributed by atoms with van der Waals surface area (Å²) in [5.41, 5.74) is 1.38. The number of aryl methyl sites for hydroxylation is 1. The second-order valence-electron chi connectivity index (χ2n) is 5.77. The normalized spacial score (nSPS) is 15.8. The summed E-state index contributed by atoms with van der Waals surface area (Å²) in [6, 6.07) is 9.71. The molecule has 0 radical (unpaired) electrons. The standard InChI is InChI=1S/C17H15F3N2O4S/c1-11-2-5-13(6-3-11)27(23,24)22-21-15-8-9-25-16-7-4-12(10-14(15)16)26-17(18,19)20/h2-7,10,22H,8-9H2,1H3. The summed E-state index contributed by atoms with van der Waals surface area (Å²) in [6.45, 7) is 2.04. The van der Waals surface area contributed by atoms with E-state index in [0.29, 0.717) is 5.75 Å². The van der Waals surface area contributed by atoms with Crippen molar-refractivity contribution >= 4 is 15.7 Å². The van der Waals surface area contributed by atoms with Crippen LogP contribution in [0.1, 0.15) is 17.5 Å². The highest BCUT2D eigenvalue weighted by molar-refractivity contribution is 7.89. The number of benzene rings is 2. The highest BCUT2D eigenvalue weighted by atomic mass is 32.2. The topological polar surface area (TPSA) is 77.0 Å². The van der Waals surface area contributed by atoms with Gasteiger partial charge in [-0.2, -0.15) is 18.4 Å². The number of hydrogen-bond acceptors (Lipinski definition) is 5. The zero-order valence-electron chi connectivity index (χ0n) is 14.1. The molecule has 0 saturated heterocycles. The second-order valence-corrected chi connectivity index (χ2v) is 7.43. The molecule has 0 saturated carbocycles. The zero-order valence-corrected chi connectivity index (χ0v) is 14.9. The summed E-state index contributed by atoms with van der Waals surface area (Å²) in [6.07, 6.45) is -4.62. The van der Waals surface area contributed by atoms with Gasteiger partial charge in [0.1, 0.15) is 11.5 Å². The van der Waals surface area contributed by atoms with E-state index in [-0.39, 0.29) is 29.2 Å². The van der Waals surface area contributed by atoms with Crippen molar-refractivity contribution in [3.8, 4) is 11.5 Å². The molecule has 0 bridgehead atoms. The van der Waals surface area contributed by atoms with Crippen LogP contribution in [0.3, 0.4) is 0 Å². The van der Waals surface area contributed by atoms with Crippen LogP contribution < -0.4 is 14.3 Å². The van der Waals surface area contributed by atoms with E-state index in [2.05, 4.69) is 14.7 Å². The number of ether oxygens (including phenoxy) is 2. The summed E-state index contributed by atoms with van der Waals surface area (Å²) < 4.78 is 71.2. The molecule has 0 unspecified atom stereocenters. The van der Waals surface area contributed by atoms with Gasteiger partial charge in [-0.25, -0.2) is 0 Å². The summed E-state index contributed by atoms with van der Waals surface area (Å²) in [7, 11) is -3.91. The van der Waals surface area contributed by atoms with E-state index in [0.717, 1.165) is 17.7 Å². The monoisotopic (exact) mass is 400 g/mol. The number of sulfonamides is 1. The Balaban J connectivity index is 1.88. The third-order valence-corrected chi connectivity index (χ3v) is 4.95. The Bertz CT molecular complexity index is 971. The van der Waals surface area contributed by atoms with Gasteiger partial charge in [0.2, 0.25) is 0 Å². The number of nitrogens with one attached hydrogen (secondary N) is 1. The Morgan fingerprint density at radius 3 is 2.52 bits per heavy atom. The number of alkyl halides is 3. The second kappa shape index (κ2) is 7.10. The van der Waals surface area contributed by atoms with Gasteiger partial charge in [0.15, 0.2) is 0 Å². The quantitative estimate of drug-likeness (QED) is 0.799. The molecule has 144 valence electrons. The molecule has 2 aromatic carbocycles. The summed E-state index contributed by atoms with van der Waals surface area (Å²) >= 11 is 0. The van der Waals surface area contributed by atoms with Crippen molar-refractivity contribution in [2.75, 3.05) is 6.61 Å². The molecule has 1 aliphatic rings. The van der Waals surface area contributed by atoms with E-state index in [1.54, 1.807) is 12.1 Å². The lowest BCUT2D eigenvalue weighted by atomic mass is 10.0. The van der Waals surface area contributed by atoms with Crippen molar-refractivity contribution < 1.29 is 31.1 Å². The van der Waals surface area contributed by atoms with Crippen molar-refractivity contribution in [2.24, 2.45) is 5.10 Å². The fraction of sp³-hybridized carbons (Fsp3) is 0.235. The van der Waals surface area contributed by atoms with E-state index in [1.165, 1.54) is 18.2 Å². The van der Waals surface area contributed by atoms with Gasteiger partial charge in [-0.05, 0) is 37.3 Å². The average molecular weight is 400 g/mol. The van der Waals surface area contributed by atoms with Crippen molar-refractivity contribution in [1.82, 2.24) is 4.83 Å². The molecule has 0 atom stereocenters. The first-order chi connectivity index (χ1) is 12.6. The first-order valence-corrected chi connectivity index (χ1v) is 9.30. The van der Waals surface area contributed by atoms with Crippen molar-refractivity contribution in [2.45, 2.75) is 24.6 Å². The lowest BCUT2D eigenvalue weighted by Gasteiger charge is -2.20. The van der Waals surface area contributed by atoms with Crippen LogP contribution in [0.15, 0.2) is 52.5 Å². The predicted octanol–water partition coefficient (Wildman–Crippen LogP) is 3.36. The third kappa shape index (κ3) is 4.70. The van der Waals surface area contributed by atoms with E-state index in [9.17, 15) is 21.6 Å². The smallest absolute Gasteiger partial charge is 0.492 e. The molecule has 27 heavy (non-hydrogen) atoms. The van der Waals surface area contributed by atoms with Crippen LogP contribution in [0.25, 0.3) is 0 Å². The molecule has 2 aromatic rings. The molecule has 1 heterocycles. The largest absolute Gasteiger partial charge is 0.573 e. The minimum atomic E-state index is -4.84. The summed E-state index contributed by atoms with van der Waals surface area (Å²) in [5.74, 6) is -0.148. The van der Waals surface area contributed by atoms with E-state index >= 15 is 0 Å². The molecule has 0 fully saturated rings. The number of hydrogen-bond donors (Lipinski definition) is 1. The fourth-order valence-corrected chi connectivity index (χ4v) is 3.28. The average Bonchev–Trinajstić information content (AvgIpc) is 2.59. The Morgan fingerprint density at radius 2 is 1.85 bits per heavy atom. The van der Waals surface area contributed by atoms with Gasteiger partial charge in [-0.3, -0.25) is 0 Å². The van der Waals surface area contributed by atoms with Crippen LogP contribution in [-0.4, -0.2) is 27.1 Å². The maximum absolute atomic E-state index is 12.4. The Morgan fingerprint density at radius 1 is 1.15 bits per heavy atom. The number of rotatable bonds is 4. The van der Waals surface area contributed by atoms with Gasteiger partial charge >= 0.3 is 6.36 Å². The van der Waals surface area contributed by atoms with Gasteiger partial charge in [0, 0.05) is 12.0 Å². The molecular weight excluding hydrogens is 385 g/mol. The molecule has 1 N–H and O–H groups in total. The van der Waals surface area contributed by atoms with E-state index in [1.807, 2.05) is 6.92 Å². The van der Waals surface area contributed by atoms with Crippen molar-refractivity contribution in [3.05, 3.63) is 53.6 Å². The molecule has 0 amide bonds. The van der Waals surface area contributed by atoms with Crippen LogP contribution in [0.5, 0.6) is 11.5 Å². The highest BCUT2D eigenvalue weighted by Gasteiger charge is 2.32. The van der Waals surface area contributed by atoms with Gasteiger partial charge in [-0.15, -0.1) is 13.2 Å². The van der Waals surface area contributed by atoms with Crippen molar-refractivity contribution in [1.29, 1.82) is 0 Å². The Kier molecular flexibility index (Phi) is 5.01. The molecule has 0 aromatic heterocycles. The van der Waals surface area contributed by atoms with Gasteiger partial charge in [0.05, 0.1) is 17.2 Å². The van der Waals surface area contributed by atoms with Gasteiger partial charge < -0.3 is 9.47 Å². The first-order valence-electron chi connectivity index (χ1n) is 7.82. The Labute approximate surface area is 153 Å². The molecule has 1 aliphatic heterocycles. The number of fused-ring (bicyclic) bond motifs is 1. The molecular formula is C17H15F3N2O4S. The summed E-state index contributed by atoms with van der Waals surface area (Å²) in [5, 5.41) is 3.89. The molecule has 0 spiro atoms. The minimum Gasteiger partial charge on any atom is -0.492 e. The molecule has 10 heteroatoms. The minimum absolute atomic E-state index is 0.0267. The van der Waals surface area contributed by atoms with Crippen LogP contribution in [-0.2, 0) is 10.0 Å². The van der Waals surface area contributed by atoms with Crippen LogP contribution >= 0.6 is 0 Å². The number of hydrazone groups is 1.